The van der Waals surface area contributed by atoms with Gasteiger partial charge in [-0.3, -0.25) is 14.4 Å². The first kappa shape index (κ1) is 19.2. The number of carbonyl (C=O) groups excluding carboxylic acids is 3. The fraction of sp³-hybridized carbons (Fsp3) is 0.250. The van der Waals surface area contributed by atoms with E-state index in [0.29, 0.717) is 16.9 Å². The molecule has 1 amide bonds. The number of nitrogens with zero attached hydrogens (tertiary/aromatic N) is 2. The summed E-state index contributed by atoms with van der Waals surface area (Å²) >= 11 is 0. The Morgan fingerprint density at radius 1 is 1.00 bits per heavy atom. The molecule has 6 heteroatoms. The van der Waals surface area contributed by atoms with Crippen LogP contribution in [0.4, 0.5) is 11.4 Å². The number of hydrogen-bond donors (Lipinski definition) is 1. The van der Waals surface area contributed by atoms with E-state index in [4.69, 9.17) is 0 Å². The lowest BCUT2D eigenvalue weighted by Crippen LogP contribution is -2.32. The molecule has 0 fully saturated rings. The average molecular weight is 351 g/mol. The van der Waals surface area contributed by atoms with E-state index in [9.17, 15) is 14.4 Å². The van der Waals surface area contributed by atoms with Crippen molar-refractivity contribution >= 4 is 28.8 Å². The summed E-state index contributed by atoms with van der Waals surface area (Å²) in [5.41, 5.74) is 3.30. The van der Waals surface area contributed by atoms with Gasteiger partial charge >= 0.3 is 0 Å². The zero-order chi connectivity index (χ0) is 19.3. The number of rotatable bonds is 6. The monoisotopic (exact) mass is 351 g/mol. The number of carbonyl (C=O) groups is 3. The molecule has 1 N–H and O–H groups in total. The number of hydrogen-bond acceptors (Lipinski definition) is 5. The summed E-state index contributed by atoms with van der Waals surface area (Å²) in [4.78, 5) is 36.0. The molecule has 0 aliphatic carbocycles. The van der Waals surface area contributed by atoms with Crippen molar-refractivity contribution in [1.82, 2.24) is 0 Å². The van der Waals surface area contributed by atoms with Crippen LogP contribution >= 0.6 is 0 Å². The third-order valence-corrected chi connectivity index (χ3v) is 3.83. The number of anilines is 1. The van der Waals surface area contributed by atoms with E-state index in [1.807, 2.05) is 26.0 Å². The number of para-hydroxylation sites is 1. The molecule has 2 aromatic rings. The molecule has 0 saturated heterocycles. The van der Waals surface area contributed by atoms with Gasteiger partial charge in [0.15, 0.2) is 11.6 Å². The van der Waals surface area contributed by atoms with Crippen LogP contribution in [-0.2, 0) is 9.59 Å². The number of ketones is 2. The minimum atomic E-state index is -1.28. The molecular weight excluding hydrogens is 330 g/mol. The Balaban J connectivity index is 2.24. The molecule has 2 rings (SSSR count). The molecule has 26 heavy (non-hydrogen) atoms. The van der Waals surface area contributed by atoms with Crippen molar-refractivity contribution < 1.29 is 14.4 Å². The predicted molar refractivity (Wildman–Crippen MR) is 100.0 cm³/mol. The summed E-state index contributed by atoms with van der Waals surface area (Å²) < 4.78 is 0. The Morgan fingerprint density at radius 2 is 1.69 bits per heavy atom. The lowest BCUT2D eigenvalue weighted by molar-refractivity contribution is -0.126. The SMILES string of the molecule is CC(=O)c1ccccc1NC(=O)C(N=Nc1ccc(C)cc1C)C(C)=O. The van der Waals surface area contributed by atoms with Gasteiger partial charge in [0.1, 0.15) is 0 Å². The molecule has 0 heterocycles. The highest BCUT2D eigenvalue weighted by Gasteiger charge is 2.24. The quantitative estimate of drug-likeness (QED) is 0.481. The van der Waals surface area contributed by atoms with Crippen LogP contribution in [0.3, 0.4) is 0 Å². The lowest BCUT2D eigenvalue weighted by atomic mass is 10.1. The van der Waals surface area contributed by atoms with Gasteiger partial charge in [0, 0.05) is 5.56 Å². The molecule has 0 aliphatic heterocycles. The summed E-state index contributed by atoms with van der Waals surface area (Å²) in [7, 11) is 0. The molecule has 0 radical (unpaired) electrons. The van der Waals surface area contributed by atoms with Crippen LogP contribution in [0, 0.1) is 13.8 Å². The van der Waals surface area contributed by atoms with E-state index in [1.54, 1.807) is 30.3 Å². The number of azo groups is 1. The molecule has 2 aromatic carbocycles. The fourth-order valence-electron chi connectivity index (χ4n) is 2.46. The average Bonchev–Trinajstić information content (AvgIpc) is 2.56. The second-order valence-electron chi connectivity index (χ2n) is 6.11. The zero-order valence-corrected chi connectivity index (χ0v) is 15.2. The maximum atomic E-state index is 12.5. The molecular formula is C20H21N3O3. The molecule has 0 aromatic heterocycles. The number of nitrogens with one attached hydrogen (secondary N) is 1. The zero-order valence-electron chi connectivity index (χ0n) is 15.2. The molecule has 0 bridgehead atoms. The summed E-state index contributed by atoms with van der Waals surface area (Å²) in [5, 5.41) is 10.6. The van der Waals surface area contributed by atoms with Gasteiger partial charge in [-0.05, 0) is 51.5 Å². The van der Waals surface area contributed by atoms with Gasteiger partial charge in [-0.1, -0.05) is 29.8 Å². The molecule has 1 atom stereocenters. The van der Waals surface area contributed by atoms with Crippen molar-refractivity contribution in [3.05, 3.63) is 59.2 Å². The van der Waals surface area contributed by atoms with Gasteiger partial charge in [0.2, 0.25) is 6.04 Å². The molecule has 134 valence electrons. The third kappa shape index (κ3) is 4.69. The normalized spacial score (nSPS) is 12.0. The van der Waals surface area contributed by atoms with Crippen LogP contribution in [-0.4, -0.2) is 23.5 Å². The van der Waals surface area contributed by atoms with Crippen LogP contribution in [0.2, 0.25) is 0 Å². The third-order valence-electron chi connectivity index (χ3n) is 3.83. The van der Waals surface area contributed by atoms with Crippen molar-refractivity contribution in [3.8, 4) is 0 Å². The van der Waals surface area contributed by atoms with E-state index < -0.39 is 17.7 Å². The van der Waals surface area contributed by atoms with Gasteiger partial charge < -0.3 is 5.32 Å². The van der Waals surface area contributed by atoms with Gasteiger partial charge in [-0.25, -0.2) is 0 Å². The summed E-state index contributed by atoms with van der Waals surface area (Å²) in [5.74, 6) is -1.24. The van der Waals surface area contributed by atoms with Gasteiger partial charge in [-0.15, -0.1) is 0 Å². The van der Waals surface area contributed by atoms with Crippen LogP contribution in [0.5, 0.6) is 0 Å². The fourth-order valence-corrected chi connectivity index (χ4v) is 2.46. The predicted octanol–water partition coefficient (Wildman–Crippen LogP) is 4.19. The Morgan fingerprint density at radius 3 is 2.31 bits per heavy atom. The maximum Gasteiger partial charge on any atom is 0.258 e. The highest BCUT2D eigenvalue weighted by molar-refractivity contribution is 6.12. The van der Waals surface area contributed by atoms with Gasteiger partial charge in [0.25, 0.3) is 5.91 Å². The first-order valence-corrected chi connectivity index (χ1v) is 8.19. The highest BCUT2D eigenvalue weighted by atomic mass is 16.2. The van der Waals surface area contributed by atoms with Crippen molar-refractivity contribution in [2.45, 2.75) is 33.7 Å². The summed E-state index contributed by atoms with van der Waals surface area (Å²) in [6, 6.07) is 10.9. The van der Waals surface area contributed by atoms with Crippen LogP contribution in [0.25, 0.3) is 0 Å². The topological polar surface area (TPSA) is 88.0 Å². The first-order chi connectivity index (χ1) is 12.3. The minimum Gasteiger partial charge on any atom is -0.323 e. The van der Waals surface area contributed by atoms with E-state index in [0.717, 1.165) is 11.1 Å². The summed E-state index contributed by atoms with van der Waals surface area (Å²) in [6.07, 6.45) is 0. The standard InChI is InChI=1S/C20H21N3O3/c1-12-9-10-17(13(2)11-12)22-23-19(15(4)25)20(26)21-18-8-6-5-7-16(18)14(3)24/h5-11,19H,1-4H3,(H,21,26). The van der Waals surface area contributed by atoms with Gasteiger partial charge in [-0.2, -0.15) is 10.2 Å². The minimum absolute atomic E-state index is 0.183. The van der Waals surface area contributed by atoms with E-state index >= 15 is 0 Å². The number of amides is 1. The lowest BCUT2D eigenvalue weighted by Gasteiger charge is -2.12. The second-order valence-corrected chi connectivity index (χ2v) is 6.11. The number of Topliss-reactive ketones (excluding diaryl/α,β-unsaturated/α-hetero) is 2. The Labute approximate surface area is 152 Å². The van der Waals surface area contributed by atoms with Crippen LogP contribution in [0.1, 0.15) is 35.3 Å². The second kappa shape index (κ2) is 8.29. The Hall–Kier alpha value is -3.15. The van der Waals surface area contributed by atoms with Crippen molar-refractivity contribution in [2.24, 2.45) is 10.2 Å². The maximum absolute atomic E-state index is 12.5. The smallest absolute Gasteiger partial charge is 0.258 e. The Bertz CT molecular complexity index is 888. The molecule has 0 saturated carbocycles. The number of aryl methyl sites for hydroxylation is 2. The highest BCUT2D eigenvalue weighted by Crippen LogP contribution is 2.21. The number of benzene rings is 2. The van der Waals surface area contributed by atoms with Crippen molar-refractivity contribution in [1.29, 1.82) is 0 Å². The Kier molecular flexibility index (Phi) is 6.11. The van der Waals surface area contributed by atoms with E-state index in [1.165, 1.54) is 13.8 Å². The van der Waals surface area contributed by atoms with Crippen LogP contribution < -0.4 is 5.32 Å². The van der Waals surface area contributed by atoms with E-state index in [2.05, 4.69) is 15.5 Å². The summed E-state index contributed by atoms with van der Waals surface area (Å²) in [6.45, 7) is 6.54. The van der Waals surface area contributed by atoms with E-state index in [-0.39, 0.29) is 5.78 Å². The molecule has 0 spiro atoms. The molecule has 6 nitrogen and oxygen atoms in total. The molecule has 1 unspecified atom stereocenters. The first-order valence-electron chi connectivity index (χ1n) is 8.19. The van der Waals surface area contributed by atoms with Gasteiger partial charge in [0.05, 0.1) is 11.4 Å². The largest absolute Gasteiger partial charge is 0.323 e. The van der Waals surface area contributed by atoms with Crippen molar-refractivity contribution in [2.75, 3.05) is 5.32 Å². The van der Waals surface area contributed by atoms with Crippen molar-refractivity contribution in [3.63, 3.8) is 0 Å². The molecule has 0 aliphatic rings. The van der Waals surface area contributed by atoms with Crippen LogP contribution in [0.15, 0.2) is 52.7 Å².